The molecule has 0 bridgehead atoms. The van der Waals surface area contributed by atoms with Crippen molar-refractivity contribution in [1.29, 1.82) is 0 Å². The molecule has 3 amide bonds. The number of benzene rings is 4. The lowest BCUT2D eigenvalue weighted by atomic mass is 9.95. The van der Waals surface area contributed by atoms with Crippen molar-refractivity contribution in [2.75, 3.05) is 43.3 Å². The third kappa shape index (κ3) is 11.7. The van der Waals surface area contributed by atoms with Crippen LogP contribution in [0, 0.1) is 0 Å². The Balaban J connectivity index is 0.976. The number of fused-ring (bicyclic) bond motifs is 4. The zero-order chi connectivity index (χ0) is 58.4. The Labute approximate surface area is 463 Å². The van der Waals surface area contributed by atoms with Crippen LogP contribution in [-0.2, 0) is 29.5 Å². The number of imidazole rings is 1. The number of amides is 3. The molecule has 0 unspecified atom stereocenters. The van der Waals surface area contributed by atoms with E-state index in [1.807, 2.05) is 6.92 Å². The summed E-state index contributed by atoms with van der Waals surface area (Å²) >= 11 is 6.57. The fourth-order valence-corrected chi connectivity index (χ4v) is 10.4. The lowest BCUT2D eigenvalue weighted by molar-refractivity contribution is -0.271. The molecule has 0 saturated carbocycles. The van der Waals surface area contributed by atoms with E-state index in [0.29, 0.717) is 29.7 Å². The number of carbonyl (C=O) groups is 5. The standard InChI is InChI=1S/C52H52ClN5O22S/c1-4-15-56(2)47(66)24-7-13-33(76-52-43(64)39(60)41(62)45(78-52)50(70)71)35(16-24)80-81(72,73)79-34-18-32-37(30-17-28(74-3)11-12-29(30)34)25(19-53)20-58(32)48(67)31-22-57-21-26(8-14-36(57)55-31)54-46(65)23-5-9-27(10-6-23)75-51-42(63)38(59)40(61)44(77-51)49(68)69/h5-14,16-18,21-22,25,38-45,51-52,59-64H,4,15,19-20H2,1-3H3,(H,54,65)(H,68,69)(H,70,71)/t25-,38+,39+,40+,41+,42-,43-,44+,45+,51-,52-/m1/s1. The summed E-state index contributed by atoms with van der Waals surface area (Å²) in [5, 5.41) is 84.1. The van der Waals surface area contributed by atoms with Gasteiger partial charge in [0.2, 0.25) is 12.6 Å². The van der Waals surface area contributed by atoms with Crippen molar-refractivity contribution in [3.8, 4) is 28.7 Å². The van der Waals surface area contributed by atoms with Crippen LogP contribution in [0.25, 0.3) is 16.4 Å². The van der Waals surface area contributed by atoms with Crippen molar-refractivity contribution in [2.45, 2.75) is 80.7 Å². The van der Waals surface area contributed by atoms with Crippen LogP contribution in [0.15, 0.2) is 91.3 Å². The molecule has 6 aromatic rings. The summed E-state index contributed by atoms with van der Waals surface area (Å²) in [6.45, 7) is 2.11. The largest absolute Gasteiger partial charge is 0.501 e. The maximum Gasteiger partial charge on any atom is 0.501 e. The fraction of sp³-hybridized carbons (Fsp3) is 0.346. The van der Waals surface area contributed by atoms with E-state index in [1.54, 1.807) is 6.07 Å². The minimum absolute atomic E-state index is 0.0109. The van der Waals surface area contributed by atoms with Crippen LogP contribution in [-0.4, -0.2) is 188 Å². The molecule has 11 atom stereocenters. The zero-order valence-electron chi connectivity index (χ0n) is 42.7. The van der Waals surface area contributed by atoms with Gasteiger partial charge in [0.05, 0.1) is 18.5 Å². The SMILES string of the molecule is CCCN(C)C(=O)c1ccc(O[C@@H]2O[C@H](C(=O)O)[C@@H](O)[C@H](O)[C@H]2O)c(OS(=O)(=O)Oc2cc3c(c4cc(OC)ccc24)[C@H](CCl)CN3C(=O)c2cn3cc(NC(=O)c4ccc(O[C@@H]5O[C@H](C(=O)O)[C@@H](O)[C@H](O)[C@H]5O)cc4)ccc3n2)c1. The Morgan fingerprint density at radius 1 is 0.728 bits per heavy atom. The van der Waals surface area contributed by atoms with Crippen LogP contribution in [0.2, 0.25) is 0 Å². The number of aromatic nitrogens is 2. The highest BCUT2D eigenvalue weighted by molar-refractivity contribution is 7.82. The van der Waals surface area contributed by atoms with Gasteiger partial charge < -0.3 is 92.4 Å². The number of nitrogens with zero attached hydrogens (tertiary/aromatic N) is 4. The molecule has 27 nitrogen and oxygen atoms in total. The molecular formula is C52H52ClN5O22S. The second-order valence-electron chi connectivity index (χ2n) is 18.9. The van der Waals surface area contributed by atoms with E-state index in [-0.39, 0.29) is 63.2 Å². The minimum atomic E-state index is -5.33. The van der Waals surface area contributed by atoms with E-state index in [9.17, 15) is 73.2 Å². The third-order valence-electron chi connectivity index (χ3n) is 13.5. The molecular weight excluding hydrogens is 1110 g/mol. The van der Waals surface area contributed by atoms with Crippen molar-refractivity contribution in [1.82, 2.24) is 14.3 Å². The van der Waals surface area contributed by atoms with Crippen molar-refractivity contribution in [2.24, 2.45) is 0 Å². The molecule has 430 valence electrons. The minimum Gasteiger partial charge on any atom is -0.497 e. The molecule has 3 aliphatic rings. The molecule has 2 fully saturated rings. The molecule has 0 aliphatic carbocycles. The quantitative estimate of drug-likeness (QED) is 0.0550. The van der Waals surface area contributed by atoms with Gasteiger partial charge in [-0.3, -0.25) is 14.4 Å². The fourth-order valence-electron chi connectivity index (χ4n) is 9.41. The topological polar surface area (TPSA) is 382 Å². The summed E-state index contributed by atoms with van der Waals surface area (Å²) in [6, 6.07) is 17.7. The number of halogens is 1. The number of ether oxygens (including phenoxy) is 5. The Hall–Kier alpha value is -7.90. The van der Waals surface area contributed by atoms with Gasteiger partial charge in [-0.25, -0.2) is 14.6 Å². The van der Waals surface area contributed by atoms with Crippen molar-refractivity contribution in [3.05, 3.63) is 114 Å². The number of hydrogen-bond donors (Lipinski definition) is 9. The number of nitrogens with one attached hydrogen (secondary N) is 1. The van der Waals surface area contributed by atoms with Gasteiger partial charge in [0, 0.05) is 66.9 Å². The number of pyridine rings is 1. The van der Waals surface area contributed by atoms with Gasteiger partial charge in [-0.1, -0.05) is 6.92 Å². The van der Waals surface area contributed by atoms with Crippen LogP contribution in [0.1, 0.15) is 56.0 Å². The Morgan fingerprint density at radius 3 is 1.96 bits per heavy atom. The third-order valence-corrected chi connectivity index (χ3v) is 14.6. The average molecular weight is 1170 g/mol. The molecule has 9 rings (SSSR count). The molecule has 3 aliphatic heterocycles. The van der Waals surface area contributed by atoms with Crippen LogP contribution >= 0.6 is 11.6 Å². The van der Waals surface area contributed by atoms with Crippen molar-refractivity contribution < 1.29 is 105 Å². The Bertz CT molecular complexity index is 3530. The van der Waals surface area contributed by atoms with Crippen LogP contribution < -0.4 is 32.8 Å². The second-order valence-corrected chi connectivity index (χ2v) is 20.4. The summed E-state index contributed by atoms with van der Waals surface area (Å²) in [5.74, 6) is -6.95. The number of alkyl halides is 1. The Morgan fingerprint density at radius 2 is 1.35 bits per heavy atom. The summed E-state index contributed by atoms with van der Waals surface area (Å²) in [5.41, 5.74) is 1.17. The molecule has 9 N–H and O–H groups in total. The lowest BCUT2D eigenvalue weighted by Gasteiger charge is -2.38. The van der Waals surface area contributed by atoms with Crippen LogP contribution in [0.4, 0.5) is 11.4 Å². The maximum atomic E-state index is 14.6. The molecule has 81 heavy (non-hydrogen) atoms. The summed E-state index contributed by atoms with van der Waals surface area (Å²) < 4.78 is 68.2. The first kappa shape index (κ1) is 57.8. The van der Waals surface area contributed by atoms with Crippen molar-refractivity contribution >= 4 is 79.5 Å². The number of carboxylic acids is 2. The van der Waals surface area contributed by atoms with Gasteiger partial charge in [0.1, 0.15) is 59.5 Å². The predicted octanol–water partition coefficient (Wildman–Crippen LogP) is 1.46. The lowest BCUT2D eigenvalue weighted by Crippen LogP contribution is -2.61. The number of anilines is 2. The molecule has 4 aromatic carbocycles. The highest BCUT2D eigenvalue weighted by atomic mass is 35.5. The average Bonchev–Trinajstić information content (AvgIpc) is 3.96. The van der Waals surface area contributed by atoms with E-state index >= 15 is 0 Å². The highest BCUT2D eigenvalue weighted by Crippen LogP contribution is 2.48. The summed E-state index contributed by atoms with van der Waals surface area (Å²) in [4.78, 5) is 72.0. The number of carbonyl (C=O) groups excluding carboxylic acids is 3. The molecule has 29 heteroatoms. The summed E-state index contributed by atoms with van der Waals surface area (Å²) in [6.07, 6.45) is -16.1. The van der Waals surface area contributed by atoms with Crippen LogP contribution in [0.5, 0.6) is 28.7 Å². The monoisotopic (exact) mass is 1170 g/mol. The van der Waals surface area contributed by atoms with Gasteiger partial charge in [-0.05, 0) is 90.2 Å². The van der Waals surface area contributed by atoms with E-state index < -0.39 is 119 Å². The highest BCUT2D eigenvalue weighted by Gasteiger charge is 2.50. The molecule has 0 radical (unpaired) electrons. The number of rotatable bonds is 18. The first-order valence-corrected chi connectivity index (χ1v) is 26.5. The molecule has 2 saturated heterocycles. The van der Waals surface area contributed by atoms with Gasteiger partial charge in [-0.15, -0.1) is 20.0 Å². The van der Waals surface area contributed by atoms with E-state index in [0.717, 1.165) is 12.1 Å². The molecule has 0 spiro atoms. The van der Waals surface area contributed by atoms with Gasteiger partial charge in [0.15, 0.2) is 29.5 Å². The number of carboxylic acid groups (broad SMARTS) is 2. The number of methoxy groups -OCH3 is 1. The number of aliphatic carboxylic acids is 2. The second kappa shape index (κ2) is 23.3. The first-order valence-electron chi connectivity index (χ1n) is 24.7. The number of aliphatic hydroxyl groups excluding tert-OH is 6. The van der Waals surface area contributed by atoms with Crippen LogP contribution in [0.3, 0.4) is 0 Å². The van der Waals surface area contributed by atoms with E-state index in [4.69, 9.17) is 43.7 Å². The normalized spacial score (nSPS) is 24.5. The summed E-state index contributed by atoms with van der Waals surface area (Å²) in [7, 11) is -2.41. The smallest absolute Gasteiger partial charge is 0.497 e. The number of hydrogen-bond acceptors (Lipinski definition) is 21. The Kier molecular flexibility index (Phi) is 16.6. The van der Waals surface area contributed by atoms with E-state index in [1.165, 1.54) is 101 Å². The van der Waals surface area contributed by atoms with Gasteiger partial charge >= 0.3 is 22.3 Å². The van der Waals surface area contributed by atoms with Gasteiger partial charge in [-0.2, -0.15) is 0 Å². The number of aliphatic hydroxyl groups is 6. The molecule has 2 aromatic heterocycles. The van der Waals surface area contributed by atoms with Gasteiger partial charge in [0.25, 0.3) is 17.7 Å². The zero-order valence-corrected chi connectivity index (χ0v) is 44.3. The van der Waals surface area contributed by atoms with Crippen molar-refractivity contribution in [3.63, 3.8) is 0 Å². The van der Waals surface area contributed by atoms with E-state index in [2.05, 4.69) is 10.3 Å². The first-order chi connectivity index (χ1) is 38.5. The predicted molar refractivity (Wildman–Crippen MR) is 279 cm³/mol. The molecule has 5 heterocycles. The maximum absolute atomic E-state index is 14.6.